The molecule has 0 aliphatic heterocycles. The van der Waals surface area contributed by atoms with E-state index in [0.717, 1.165) is 51.4 Å². The first-order chi connectivity index (χ1) is 29.5. The van der Waals surface area contributed by atoms with Crippen molar-refractivity contribution in [2.24, 2.45) is 0 Å². The monoisotopic (exact) mass is 848 g/mol. The van der Waals surface area contributed by atoms with Crippen molar-refractivity contribution in [2.45, 2.75) is 309 Å². The Bertz CT molecular complexity index is 893. The SMILES string of the molecule is CCCCCCCC/C=C\CCCCCCCC(=O)OCCCCCCCCCCCCCCCCCC(=O)NC(CO)C(O)CCCCCCCCCCCCCCC. The van der Waals surface area contributed by atoms with E-state index in [9.17, 15) is 19.8 Å². The van der Waals surface area contributed by atoms with Crippen LogP contribution in [0.3, 0.4) is 0 Å². The lowest BCUT2D eigenvalue weighted by atomic mass is 10.0. The number of nitrogens with one attached hydrogen (secondary N) is 1. The number of ether oxygens (including phenoxy) is 1. The van der Waals surface area contributed by atoms with Gasteiger partial charge in [0.1, 0.15) is 0 Å². The summed E-state index contributed by atoms with van der Waals surface area (Å²) in [5.74, 6) is -0.0500. The number of amides is 1. The van der Waals surface area contributed by atoms with Crippen LogP contribution in [0.1, 0.15) is 296 Å². The number of aliphatic hydroxyl groups is 2. The lowest BCUT2D eigenvalue weighted by molar-refractivity contribution is -0.143. The van der Waals surface area contributed by atoms with E-state index in [-0.39, 0.29) is 18.5 Å². The predicted molar refractivity (Wildman–Crippen MR) is 260 cm³/mol. The van der Waals surface area contributed by atoms with Crippen LogP contribution in [0.15, 0.2) is 12.2 Å². The Hall–Kier alpha value is -1.40. The van der Waals surface area contributed by atoms with Crippen molar-refractivity contribution in [1.82, 2.24) is 5.32 Å². The molecule has 0 aromatic rings. The van der Waals surface area contributed by atoms with E-state index in [2.05, 4.69) is 31.3 Å². The molecular formula is C54H105NO5. The van der Waals surface area contributed by atoms with Crippen LogP contribution in [0.2, 0.25) is 0 Å². The van der Waals surface area contributed by atoms with Crippen LogP contribution in [0.25, 0.3) is 0 Å². The molecule has 0 saturated heterocycles. The number of unbranched alkanes of at least 4 members (excludes halogenated alkanes) is 37. The fourth-order valence-electron chi connectivity index (χ4n) is 8.40. The van der Waals surface area contributed by atoms with Crippen LogP contribution < -0.4 is 5.32 Å². The van der Waals surface area contributed by atoms with Gasteiger partial charge in [0.05, 0.1) is 25.4 Å². The number of aliphatic hydroxyl groups excluding tert-OH is 2. The molecule has 0 radical (unpaired) electrons. The quantitative estimate of drug-likeness (QED) is 0.0322. The molecule has 0 heterocycles. The summed E-state index contributed by atoms with van der Waals surface area (Å²) >= 11 is 0. The van der Waals surface area contributed by atoms with Gasteiger partial charge < -0.3 is 20.3 Å². The largest absolute Gasteiger partial charge is 0.466 e. The van der Waals surface area contributed by atoms with Crippen LogP contribution in [-0.4, -0.2) is 47.4 Å². The number of hydrogen-bond donors (Lipinski definition) is 3. The summed E-state index contributed by atoms with van der Waals surface area (Å²) < 4.78 is 5.47. The van der Waals surface area contributed by atoms with Gasteiger partial charge >= 0.3 is 5.97 Å². The highest BCUT2D eigenvalue weighted by Crippen LogP contribution is 2.17. The number of rotatable bonds is 50. The standard InChI is InChI=1S/C54H105NO5/c1-3-5-7-9-11-13-15-17-19-24-28-32-36-40-44-48-54(59)60-49-45-41-37-33-29-25-21-18-20-23-27-31-35-39-43-47-53(58)55-51(50-56)52(57)46-42-38-34-30-26-22-16-14-12-10-8-6-4-2/h17,19,51-52,56-57H,3-16,18,20-50H2,1-2H3,(H,55,58)/b19-17-. The second-order valence-corrected chi connectivity index (χ2v) is 18.6. The molecule has 0 rings (SSSR count). The van der Waals surface area contributed by atoms with E-state index >= 15 is 0 Å². The second kappa shape index (κ2) is 50.2. The molecule has 2 unspecified atom stereocenters. The number of esters is 1. The zero-order valence-electron chi connectivity index (χ0n) is 40.5. The van der Waals surface area contributed by atoms with Gasteiger partial charge in [-0.2, -0.15) is 0 Å². The van der Waals surface area contributed by atoms with Crippen molar-refractivity contribution in [1.29, 1.82) is 0 Å². The summed E-state index contributed by atoms with van der Waals surface area (Å²) in [6, 6.07) is -0.546. The zero-order chi connectivity index (χ0) is 43.7. The molecule has 0 spiro atoms. The molecule has 60 heavy (non-hydrogen) atoms. The van der Waals surface area contributed by atoms with Crippen molar-refractivity contribution in [3.05, 3.63) is 12.2 Å². The van der Waals surface area contributed by atoms with Crippen LogP contribution in [0.5, 0.6) is 0 Å². The lowest BCUT2D eigenvalue weighted by Crippen LogP contribution is -2.45. The molecule has 0 aromatic carbocycles. The lowest BCUT2D eigenvalue weighted by Gasteiger charge is -2.22. The Labute approximate surface area is 374 Å². The second-order valence-electron chi connectivity index (χ2n) is 18.6. The van der Waals surface area contributed by atoms with E-state index in [0.29, 0.717) is 25.9 Å². The summed E-state index contributed by atoms with van der Waals surface area (Å²) in [6.45, 7) is 4.93. The van der Waals surface area contributed by atoms with Crippen LogP contribution in [0.4, 0.5) is 0 Å². The van der Waals surface area contributed by atoms with Crippen molar-refractivity contribution in [3.63, 3.8) is 0 Å². The van der Waals surface area contributed by atoms with Gasteiger partial charge in [-0.05, 0) is 51.4 Å². The van der Waals surface area contributed by atoms with Crippen molar-refractivity contribution in [2.75, 3.05) is 13.2 Å². The maximum absolute atomic E-state index is 12.4. The molecule has 356 valence electrons. The van der Waals surface area contributed by atoms with E-state index < -0.39 is 12.1 Å². The highest BCUT2D eigenvalue weighted by atomic mass is 16.5. The van der Waals surface area contributed by atoms with Gasteiger partial charge in [-0.1, -0.05) is 244 Å². The Kier molecular flexibility index (Phi) is 49.1. The van der Waals surface area contributed by atoms with Crippen LogP contribution in [0, 0.1) is 0 Å². The van der Waals surface area contributed by atoms with E-state index in [1.807, 2.05) is 0 Å². The Balaban J connectivity index is 3.42. The van der Waals surface area contributed by atoms with Gasteiger partial charge in [-0.15, -0.1) is 0 Å². The zero-order valence-corrected chi connectivity index (χ0v) is 40.5. The van der Waals surface area contributed by atoms with Gasteiger partial charge in [-0.25, -0.2) is 0 Å². The molecule has 6 nitrogen and oxygen atoms in total. The minimum atomic E-state index is -0.668. The smallest absolute Gasteiger partial charge is 0.305 e. The summed E-state index contributed by atoms with van der Waals surface area (Å²) in [5.41, 5.74) is 0. The Morgan fingerprint density at radius 2 is 0.783 bits per heavy atom. The van der Waals surface area contributed by atoms with Gasteiger partial charge in [-0.3, -0.25) is 9.59 Å². The topological polar surface area (TPSA) is 95.9 Å². The number of hydrogen-bond acceptors (Lipinski definition) is 5. The Morgan fingerprint density at radius 3 is 1.18 bits per heavy atom. The molecule has 2 atom stereocenters. The minimum Gasteiger partial charge on any atom is -0.466 e. The molecule has 3 N–H and O–H groups in total. The maximum Gasteiger partial charge on any atom is 0.305 e. The van der Waals surface area contributed by atoms with Crippen molar-refractivity contribution < 1.29 is 24.5 Å². The number of allylic oxidation sites excluding steroid dienone is 2. The van der Waals surface area contributed by atoms with Gasteiger partial charge in [0.15, 0.2) is 0 Å². The van der Waals surface area contributed by atoms with Crippen molar-refractivity contribution >= 4 is 11.9 Å². The molecular weight excluding hydrogens is 743 g/mol. The molecule has 0 saturated carbocycles. The summed E-state index contributed by atoms with van der Waals surface area (Å²) in [6.07, 6.45) is 57.5. The third-order valence-electron chi connectivity index (χ3n) is 12.6. The maximum atomic E-state index is 12.4. The third kappa shape index (κ3) is 46.1. The first-order valence-electron chi connectivity index (χ1n) is 26.9. The fraction of sp³-hybridized carbons (Fsp3) is 0.926. The van der Waals surface area contributed by atoms with Gasteiger partial charge in [0.2, 0.25) is 5.91 Å². The first-order valence-corrected chi connectivity index (χ1v) is 26.9. The molecule has 0 aliphatic rings. The van der Waals surface area contributed by atoms with Gasteiger partial charge in [0, 0.05) is 12.8 Å². The molecule has 0 bridgehead atoms. The summed E-state index contributed by atoms with van der Waals surface area (Å²) in [4.78, 5) is 24.5. The fourth-order valence-corrected chi connectivity index (χ4v) is 8.40. The minimum absolute atomic E-state index is 0.00694. The number of carbonyl (C=O) groups excluding carboxylic acids is 2. The van der Waals surface area contributed by atoms with Crippen LogP contribution >= 0.6 is 0 Å². The molecule has 0 aromatic heterocycles. The average molecular weight is 848 g/mol. The molecule has 6 heteroatoms. The highest BCUT2D eigenvalue weighted by Gasteiger charge is 2.20. The molecule has 1 amide bonds. The normalized spacial score (nSPS) is 12.7. The van der Waals surface area contributed by atoms with Gasteiger partial charge in [0.25, 0.3) is 0 Å². The molecule has 0 fully saturated rings. The number of carbonyl (C=O) groups is 2. The Morgan fingerprint density at radius 1 is 0.450 bits per heavy atom. The van der Waals surface area contributed by atoms with E-state index in [1.54, 1.807) is 0 Å². The van der Waals surface area contributed by atoms with E-state index in [1.165, 1.54) is 212 Å². The summed E-state index contributed by atoms with van der Waals surface area (Å²) in [5, 5.41) is 23.2. The van der Waals surface area contributed by atoms with E-state index in [4.69, 9.17) is 4.74 Å². The summed E-state index contributed by atoms with van der Waals surface area (Å²) in [7, 11) is 0. The van der Waals surface area contributed by atoms with Crippen molar-refractivity contribution in [3.8, 4) is 0 Å². The predicted octanol–water partition coefficient (Wildman–Crippen LogP) is 16.1. The third-order valence-corrected chi connectivity index (χ3v) is 12.6. The van der Waals surface area contributed by atoms with Crippen LogP contribution in [-0.2, 0) is 14.3 Å². The first kappa shape index (κ1) is 58.6. The molecule has 0 aliphatic carbocycles. The average Bonchev–Trinajstić information content (AvgIpc) is 3.25. The highest BCUT2D eigenvalue weighted by molar-refractivity contribution is 5.76.